The summed E-state index contributed by atoms with van der Waals surface area (Å²) in [4.78, 5) is 37.8. The number of aliphatic hydroxyl groups excluding tert-OH is 1. The summed E-state index contributed by atoms with van der Waals surface area (Å²) in [6, 6.07) is 0. The number of aliphatic hydroxyl groups is 2. The Bertz CT molecular complexity index is 785. The Kier molecular flexibility index (Phi) is 6.42. The number of carbonyl (C=O) groups excluding carboxylic acids is 3. The van der Waals surface area contributed by atoms with E-state index in [1.54, 1.807) is 13.0 Å². The first-order valence-electron chi connectivity index (χ1n) is 11.4. The van der Waals surface area contributed by atoms with Crippen molar-refractivity contribution in [2.24, 2.45) is 23.2 Å². The van der Waals surface area contributed by atoms with Gasteiger partial charge in [0.2, 0.25) is 0 Å². The third kappa shape index (κ3) is 3.63. The van der Waals surface area contributed by atoms with Crippen molar-refractivity contribution in [3.63, 3.8) is 0 Å². The highest BCUT2D eigenvalue weighted by Crippen LogP contribution is 2.75. The smallest absolute Gasteiger partial charge is 0.306 e. The van der Waals surface area contributed by atoms with Crippen molar-refractivity contribution in [3.8, 4) is 0 Å². The van der Waals surface area contributed by atoms with Crippen LogP contribution in [0.1, 0.15) is 73.1 Å². The van der Waals surface area contributed by atoms with E-state index in [0.29, 0.717) is 18.4 Å². The molecule has 0 heterocycles. The molecule has 2 saturated carbocycles. The lowest BCUT2D eigenvalue weighted by molar-refractivity contribution is -0.212. The van der Waals surface area contributed by atoms with Crippen LogP contribution >= 0.6 is 0 Å². The van der Waals surface area contributed by atoms with E-state index >= 15 is 0 Å². The van der Waals surface area contributed by atoms with Crippen LogP contribution in [0, 0.1) is 23.2 Å². The van der Waals surface area contributed by atoms with Crippen LogP contribution in [0.25, 0.3) is 0 Å². The molecule has 7 nitrogen and oxygen atoms in total. The summed E-state index contributed by atoms with van der Waals surface area (Å²) in [6.45, 7) is 9.17. The normalized spacial score (nSPS) is 38.3. The number of ketones is 1. The molecule has 3 aliphatic carbocycles. The molecule has 3 aliphatic rings. The molecule has 2 N–H and O–H groups in total. The average Bonchev–Trinajstić information content (AvgIpc) is 3.20. The first kappa shape index (κ1) is 23.9. The van der Waals surface area contributed by atoms with Crippen molar-refractivity contribution in [2.75, 3.05) is 6.61 Å². The lowest BCUT2D eigenvalue weighted by Gasteiger charge is -2.48. The van der Waals surface area contributed by atoms with Crippen LogP contribution in [-0.4, -0.2) is 51.8 Å². The molecular formula is C24H36O7. The van der Waals surface area contributed by atoms with Gasteiger partial charge in [0.25, 0.3) is 0 Å². The standard InChI is InChI=1S/C24H36O7/c1-6-8-18(27)30-21-14(3)23(29)12-16(26)10-15(13-25)11-17(23)20-22(4,5)24(20,21)31-19(28)9-7-2/h11,14,17,20-21,25,29H,6-10,12-13H2,1-5H3/t14-,17+,20-,21-,23-,24-/m1/s1. The minimum atomic E-state index is -1.45. The predicted molar refractivity (Wildman–Crippen MR) is 113 cm³/mol. The van der Waals surface area contributed by atoms with Crippen molar-refractivity contribution >= 4 is 17.7 Å². The largest absolute Gasteiger partial charge is 0.458 e. The van der Waals surface area contributed by atoms with Crippen LogP contribution in [0.2, 0.25) is 0 Å². The Balaban J connectivity index is 2.12. The van der Waals surface area contributed by atoms with Crippen LogP contribution in [0.5, 0.6) is 0 Å². The van der Waals surface area contributed by atoms with Crippen molar-refractivity contribution in [1.82, 2.24) is 0 Å². The fraction of sp³-hybridized carbons (Fsp3) is 0.792. The Morgan fingerprint density at radius 1 is 1.16 bits per heavy atom. The molecule has 0 bridgehead atoms. The van der Waals surface area contributed by atoms with Gasteiger partial charge in [0.15, 0.2) is 5.60 Å². The number of ether oxygens (including phenoxy) is 2. The topological polar surface area (TPSA) is 110 Å². The molecule has 0 unspecified atom stereocenters. The second kappa shape index (κ2) is 8.32. The SMILES string of the molecule is CCCC(=O)O[C@@H]1[C@@H](C)[C@]2(O)CC(=O)CC(CO)=C[C@H]2[C@@H]2C(C)(C)[C@]12OC(=O)CCC. The molecule has 0 aromatic heterocycles. The summed E-state index contributed by atoms with van der Waals surface area (Å²) < 4.78 is 12.0. The van der Waals surface area contributed by atoms with Crippen LogP contribution in [0.15, 0.2) is 11.6 Å². The van der Waals surface area contributed by atoms with E-state index in [1.165, 1.54) is 0 Å². The molecule has 0 aromatic carbocycles. The van der Waals surface area contributed by atoms with Gasteiger partial charge in [-0.1, -0.05) is 40.7 Å². The lowest BCUT2D eigenvalue weighted by Crippen LogP contribution is -2.61. The molecule has 31 heavy (non-hydrogen) atoms. The number of hydrogen-bond acceptors (Lipinski definition) is 7. The summed E-state index contributed by atoms with van der Waals surface area (Å²) in [6.07, 6.45) is 2.65. The van der Waals surface area contributed by atoms with E-state index in [2.05, 4.69) is 0 Å². The number of rotatable bonds is 7. The molecule has 0 aliphatic heterocycles. The summed E-state index contributed by atoms with van der Waals surface area (Å²) in [5, 5.41) is 21.6. The zero-order valence-electron chi connectivity index (χ0n) is 19.3. The van der Waals surface area contributed by atoms with Crippen LogP contribution < -0.4 is 0 Å². The zero-order chi connectivity index (χ0) is 23.2. The van der Waals surface area contributed by atoms with E-state index in [1.807, 2.05) is 27.7 Å². The van der Waals surface area contributed by atoms with Crippen molar-refractivity contribution < 1.29 is 34.1 Å². The van der Waals surface area contributed by atoms with E-state index in [4.69, 9.17) is 9.47 Å². The van der Waals surface area contributed by atoms with Crippen molar-refractivity contribution in [3.05, 3.63) is 11.6 Å². The molecule has 0 radical (unpaired) electrons. The van der Waals surface area contributed by atoms with Crippen LogP contribution in [0.3, 0.4) is 0 Å². The Hall–Kier alpha value is -1.73. The summed E-state index contributed by atoms with van der Waals surface area (Å²) in [7, 11) is 0. The third-order valence-corrected chi connectivity index (χ3v) is 7.74. The third-order valence-electron chi connectivity index (χ3n) is 7.74. The second-order valence-electron chi connectivity index (χ2n) is 10.1. The molecule has 6 atom stereocenters. The monoisotopic (exact) mass is 436 g/mol. The molecule has 3 rings (SSSR count). The maximum Gasteiger partial charge on any atom is 0.306 e. The first-order valence-corrected chi connectivity index (χ1v) is 11.4. The van der Waals surface area contributed by atoms with Gasteiger partial charge in [0, 0.05) is 48.9 Å². The van der Waals surface area contributed by atoms with Gasteiger partial charge in [0.05, 0.1) is 12.2 Å². The van der Waals surface area contributed by atoms with E-state index < -0.39 is 40.5 Å². The van der Waals surface area contributed by atoms with E-state index in [0.717, 1.165) is 0 Å². The minimum Gasteiger partial charge on any atom is -0.458 e. The summed E-state index contributed by atoms with van der Waals surface area (Å²) in [5.41, 5.74) is -2.55. The first-order chi connectivity index (χ1) is 14.5. The number of hydrogen-bond donors (Lipinski definition) is 2. The van der Waals surface area contributed by atoms with Gasteiger partial charge in [0.1, 0.15) is 11.9 Å². The van der Waals surface area contributed by atoms with E-state index in [9.17, 15) is 24.6 Å². The summed E-state index contributed by atoms with van der Waals surface area (Å²) >= 11 is 0. The fourth-order valence-electron chi connectivity index (χ4n) is 6.15. The van der Waals surface area contributed by atoms with Gasteiger partial charge in [-0.05, 0) is 18.4 Å². The Morgan fingerprint density at radius 2 is 1.77 bits per heavy atom. The van der Waals surface area contributed by atoms with Gasteiger partial charge in [-0.15, -0.1) is 0 Å². The van der Waals surface area contributed by atoms with Gasteiger partial charge in [-0.3, -0.25) is 14.4 Å². The minimum absolute atomic E-state index is 0.0814. The zero-order valence-corrected chi connectivity index (χ0v) is 19.3. The summed E-state index contributed by atoms with van der Waals surface area (Å²) in [5.74, 6) is -2.40. The average molecular weight is 437 g/mol. The number of Topliss-reactive ketones (excluding diaryl/α,β-unsaturated/α-hetero) is 1. The van der Waals surface area contributed by atoms with Crippen LogP contribution in [0.4, 0.5) is 0 Å². The van der Waals surface area contributed by atoms with Gasteiger partial charge in [-0.25, -0.2) is 0 Å². The molecule has 7 heteroatoms. The Morgan fingerprint density at radius 3 is 2.35 bits per heavy atom. The van der Waals surface area contributed by atoms with Crippen molar-refractivity contribution in [2.45, 2.75) is 90.4 Å². The number of fused-ring (bicyclic) bond motifs is 3. The predicted octanol–water partition coefficient (Wildman–Crippen LogP) is 2.72. The Labute approximate surface area is 184 Å². The molecule has 0 aromatic rings. The number of carbonyl (C=O) groups is 3. The molecular weight excluding hydrogens is 400 g/mol. The van der Waals surface area contributed by atoms with Gasteiger partial charge >= 0.3 is 11.9 Å². The highest BCUT2D eigenvalue weighted by molar-refractivity contribution is 5.83. The molecule has 0 saturated heterocycles. The highest BCUT2D eigenvalue weighted by Gasteiger charge is 2.86. The van der Waals surface area contributed by atoms with E-state index in [-0.39, 0.29) is 50.0 Å². The number of esters is 2. The highest BCUT2D eigenvalue weighted by atomic mass is 16.6. The van der Waals surface area contributed by atoms with Crippen molar-refractivity contribution in [1.29, 1.82) is 0 Å². The quantitative estimate of drug-likeness (QED) is 0.466. The molecule has 0 amide bonds. The lowest BCUT2D eigenvalue weighted by atomic mass is 9.65. The van der Waals surface area contributed by atoms with Gasteiger partial charge in [-0.2, -0.15) is 0 Å². The molecule has 0 spiro atoms. The second-order valence-corrected chi connectivity index (χ2v) is 10.1. The molecule has 174 valence electrons. The van der Waals surface area contributed by atoms with Crippen LogP contribution in [-0.2, 0) is 23.9 Å². The maximum absolute atomic E-state index is 12.6. The maximum atomic E-state index is 12.6. The fourth-order valence-corrected chi connectivity index (χ4v) is 6.15. The molecule has 2 fully saturated rings. The van der Waals surface area contributed by atoms with Gasteiger partial charge < -0.3 is 19.7 Å².